The van der Waals surface area contributed by atoms with E-state index in [2.05, 4.69) is 15.9 Å². The summed E-state index contributed by atoms with van der Waals surface area (Å²) in [6.45, 7) is 0. The fourth-order valence-corrected chi connectivity index (χ4v) is 2.17. The molecule has 0 fully saturated rings. The Bertz CT molecular complexity index is 419. The van der Waals surface area contributed by atoms with Gasteiger partial charge in [-0.05, 0) is 62.3 Å². The van der Waals surface area contributed by atoms with E-state index in [0.717, 1.165) is 6.07 Å². The van der Waals surface area contributed by atoms with Gasteiger partial charge in [-0.1, -0.05) is 0 Å². The number of hydrogen-bond donors (Lipinski definition) is 0. The van der Waals surface area contributed by atoms with Crippen molar-refractivity contribution in [3.63, 3.8) is 0 Å². The lowest BCUT2D eigenvalue weighted by atomic mass is 10.1. The lowest BCUT2D eigenvalue weighted by molar-refractivity contribution is -0.138. The van der Waals surface area contributed by atoms with Crippen molar-refractivity contribution in [2.75, 3.05) is 0 Å². The standard InChI is InChI=1S/C8H2BrClF3IO/c9-6-4(14)2-1-3(7(10)15)5(6)8(11,12)13/h1-2H. The van der Waals surface area contributed by atoms with Crippen LogP contribution in [0.1, 0.15) is 15.9 Å². The van der Waals surface area contributed by atoms with Crippen molar-refractivity contribution in [3.05, 3.63) is 31.3 Å². The molecular formula is C8H2BrClF3IO. The smallest absolute Gasteiger partial charge is 0.276 e. The van der Waals surface area contributed by atoms with E-state index in [1.54, 1.807) is 22.6 Å². The minimum atomic E-state index is -4.61. The summed E-state index contributed by atoms with van der Waals surface area (Å²) < 4.78 is 38.0. The van der Waals surface area contributed by atoms with Crippen molar-refractivity contribution in [1.29, 1.82) is 0 Å². The van der Waals surface area contributed by atoms with E-state index in [1.807, 2.05) is 0 Å². The Morgan fingerprint density at radius 2 is 1.93 bits per heavy atom. The van der Waals surface area contributed by atoms with Gasteiger partial charge < -0.3 is 0 Å². The number of halogens is 6. The topological polar surface area (TPSA) is 17.1 Å². The average molecular weight is 413 g/mol. The second-order valence-electron chi connectivity index (χ2n) is 2.56. The van der Waals surface area contributed by atoms with E-state index in [0.29, 0.717) is 3.57 Å². The van der Waals surface area contributed by atoms with Crippen LogP contribution in [0.5, 0.6) is 0 Å². The molecule has 0 heterocycles. The van der Waals surface area contributed by atoms with Crippen LogP contribution in [0.15, 0.2) is 16.6 Å². The summed E-state index contributed by atoms with van der Waals surface area (Å²) in [5.74, 6) is 0. The van der Waals surface area contributed by atoms with Gasteiger partial charge in [0.05, 0.1) is 5.56 Å². The monoisotopic (exact) mass is 412 g/mol. The third kappa shape index (κ3) is 2.85. The Hall–Kier alpha value is 0.180. The number of benzene rings is 1. The predicted molar refractivity (Wildman–Crippen MR) is 62.0 cm³/mol. The molecule has 7 heteroatoms. The third-order valence-electron chi connectivity index (χ3n) is 1.59. The zero-order valence-corrected chi connectivity index (χ0v) is 11.3. The molecule has 0 radical (unpaired) electrons. The van der Waals surface area contributed by atoms with Crippen molar-refractivity contribution < 1.29 is 18.0 Å². The van der Waals surface area contributed by atoms with E-state index < -0.39 is 22.5 Å². The minimum absolute atomic E-state index is 0.165. The fraction of sp³-hybridized carbons (Fsp3) is 0.125. The molecule has 1 aromatic rings. The van der Waals surface area contributed by atoms with Crippen LogP contribution in [-0.4, -0.2) is 5.24 Å². The van der Waals surface area contributed by atoms with Crippen LogP contribution in [0.2, 0.25) is 0 Å². The Morgan fingerprint density at radius 3 is 2.33 bits per heavy atom. The van der Waals surface area contributed by atoms with Gasteiger partial charge >= 0.3 is 6.18 Å². The van der Waals surface area contributed by atoms with Gasteiger partial charge in [-0.15, -0.1) is 0 Å². The summed E-state index contributed by atoms with van der Waals surface area (Å²) in [7, 11) is 0. The van der Waals surface area contributed by atoms with Gasteiger partial charge in [-0.2, -0.15) is 13.2 Å². The molecule has 1 nitrogen and oxygen atoms in total. The lowest BCUT2D eigenvalue weighted by Crippen LogP contribution is -2.12. The molecule has 0 aliphatic rings. The van der Waals surface area contributed by atoms with Gasteiger partial charge in [0.25, 0.3) is 5.24 Å². The molecular weight excluding hydrogens is 411 g/mol. The minimum Gasteiger partial charge on any atom is -0.276 e. The number of alkyl halides is 3. The first kappa shape index (κ1) is 13.2. The quantitative estimate of drug-likeness (QED) is 0.491. The summed E-state index contributed by atoms with van der Waals surface area (Å²) in [5.41, 5.74) is -1.58. The van der Waals surface area contributed by atoms with Crippen molar-refractivity contribution >= 4 is 55.4 Å². The molecule has 15 heavy (non-hydrogen) atoms. The summed E-state index contributed by atoms with van der Waals surface area (Å²) in [4.78, 5) is 10.8. The molecule has 0 aliphatic heterocycles. The first-order valence-electron chi connectivity index (χ1n) is 3.50. The van der Waals surface area contributed by atoms with Gasteiger partial charge in [0, 0.05) is 13.6 Å². The van der Waals surface area contributed by atoms with Crippen LogP contribution in [-0.2, 0) is 6.18 Å². The van der Waals surface area contributed by atoms with Gasteiger partial charge in [0.15, 0.2) is 0 Å². The average Bonchev–Trinajstić information content (AvgIpc) is 2.06. The van der Waals surface area contributed by atoms with E-state index in [1.165, 1.54) is 6.07 Å². The van der Waals surface area contributed by atoms with Gasteiger partial charge in [0.1, 0.15) is 0 Å². The van der Waals surface area contributed by atoms with Crippen LogP contribution >= 0.6 is 50.1 Å². The van der Waals surface area contributed by atoms with Gasteiger partial charge in [0.2, 0.25) is 0 Å². The maximum Gasteiger partial charge on any atom is 0.418 e. The molecule has 0 bridgehead atoms. The molecule has 1 rings (SSSR count). The Kier molecular flexibility index (Phi) is 4.05. The van der Waals surface area contributed by atoms with Gasteiger partial charge in [-0.3, -0.25) is 4.79 Å². The highest BCUT2D eigenvalue weighted by Gasteiger charge is 2.37. The molecule has 0 spiro atoms. The molecule has 0 aromatic heterocycles. The Morgan fingerprint density at radius 1 is 1.40 bits per heavy atom. The first-order chi connectivity index (χ1) is 6.75. The zero-order chi connectivity index (χ0) is 11.8. The normalized spacial score (nSPS) is 11.6. The highest BCUT2D eigenvalue weighted by Crippen LogP contribution is 2.39. The highest BCUT2D eigenvalue weighted by atomic mass is 127. The van der Waals surface area contributed by atoms with E-state index >= 15 is 0 Å². The van der Waals surface area contributed by atoms with E-state index in [-0.39, 0.29) is 4.47 Å². The van der Waals surface area contributed by atoms with Crippen molar-refractivity contribution in [2.45, 2.75) is 6.18 Å². The van der Waals surface area contributed by atoms with Crippen molar-refractivity contribution in [2.24, 2.45) is 0 Å². The SMILES string of the molecule is O=C(Cl)c1ccc(I)c(Br)c1C(F)(F)F. The molecule has 0 saturated heterocycles. The third-order valence-corrected chi connectivity index (χ3v) is 4.26. The van der Waals surface area contributed by atoms with Crippen LogP contribution in [0.4, 0.5) is 13.2 Å². The molecule has 0 amide bonds. The number of carbonyl (C=O) groups excluding carboxylic acids is 1. The second-order valence-corrected chi connectivity index (χ2v) is 4.85. The van der Waals surface area contributed by atoms with Crippen LogP contribution < -0.4 is 0 Å². The van der Waals surface area contributed by atoms with Gasteiger partial charge in [-0.25, -0.2) is 0 Å². The molecule has 1 aromatic carbocycles. The number of rotatable bonds is 1. The van der Waals surface area contributed by atoms with Crippen molar-refractivity contribution in [1.82, 2.24) is 0 Å². The molecule has 0 aliphatic carbocycles. The molecule has 0 atom stereocenters. The van der Waals surface area contributed by atoms with E-state index in [9.17, 15) is 18.0 Å². The lowest BCUT2D eigenvalue weighted by Gasteiger charge is -2.13. The zero-order valence-electron chi connectivity index (χ0n) is 6.83. The Balaban J connectivity index is 3.57. The van der Waals surface area contributed by atoms with Crippen LogP contribution in [0, 0.1) is 3.57 Å². The molecule has 0 N–H and O–H groups in total. The summed E-state index contributed by atoms with van der Waals surface area (Å²) in [6, 6.07) is 2.44. The molecule has 0 unspecified atom stereocenters. The first-order valence-corrected chi connectivity index (χ1v) is 5.75. The summed E-state index contributed by atoms with van der Waals surface area (Å²) in [5, 5.41) is -1.13. The van der Waals surface area contributed by atoms with Crippen molar-refractivity contribution in [3.8, 4) is 0 Å². The fourth-order valence-electron chi connectivity index (χ4n) is 0.992. The summed E-state index contributed by atoms with van der Waals surface area (Å²) in [6.07, 6.45) is -4.61. The maximum absolute atomic E-state index is 12.6. The van der Waals surface area contributed by atoms with E-state index in [4.69, 9.17) is 11.6 Å². The highest BCUT2D eigenvalue weighted by molar-refractivity contribution is 14.1. The molecule has 82 valence electrons. The predicted octanol–water partition coefficient (Wildman–Crippen LogP) is 4.45. The van der Waals surface area contributed by atoms with Crippen LogP contribution in [0.25, 0.3) is 0 Å². The molecule has 0 saturated carbocycles. The van der Waals surface area contributed by atoms with Crippen LogP contribution in [0.3, 0.4) is 0 Å². The summed E-state index contributed by atoms with van der Waals surface area (Å²) >= 11 is 9.60. The number of hydrogen-bond acceptors (Lipinski definition) is 1. The maximum atomic E-state index is 12.6. The largest absolute Gasteiger partial charge is 0.418 e. The number of carbonyl (C=O) groups is 1. The Labute approximate surface area is 110 Å². The second kappa shape index (κ2) is 4.58.